The maximum atomic E-state index is 2.48. The lowest BCUT2D eigenvalue weighted by Crippen LogP contribution is -2.37. The molecule has 1 nitrogen and oxygen atoms in total. The molecular formula is C47H41NS. The van der Waals surface area contributed by atoms with Crippen LogP contribution in [0, 0.1) is 24.7 Å². The van der Waals surface area contributed by atoms with Gasteiger partial charge in [0.15, 0.2) is 0 Å². The molecule has 1 aromatic heterocycles. The van der Waals surface area contributed by atoms with E-state index in [9.17, 15) is 0 Å². The van der Waals surface area contributed by atoms with Gasteiger partial charge in [-0.3, -0.25) is 0 Å². The zero-order valence-electron chi connectivity index (χ0n) is 28.1. The van der Waals surface area contributed by atoms with Gasteiger partial charge in [0.25, 0.3) is 0 Å². The number of hydrogen-bond acceptors (Lipinski definition) is 2. The van der Waals surface area contributed by atoms with Crippen molar-refractivity contribution in [3.8, 4) is 22.3 Å². The zero-order chi connectivity index (χ0) is 32.5. The van der Waals surface area contributed by atoms with Gasteiger partial charge in [0.05, 0.1) is 0 Å². The number of thiophene rings is 1. The quantitative estimate of drug-likeness (QED) is 0.173. The Balaban J connectivity index is 1.02. The third-order valence-electron chi connectivity index (χ3n) is 12.4. The third-order valence-corrected chi connectivity index (χ3v) is 13.5. The minimum absolute atomic E-state index is 0.435. The average Bonchev–Trinajstić information content (AvgIpc) is 3.62. The van der Waals surface area contributed by atoms with E-state index < -0.39 is 0 Å². The fourth-order valence-electron chi connectivity index (χ4n) is 10.1. The lowest BCUT2D eigenvalue weighted by Gasteiger charge is -2.45. The molecule has 10 rings (SSSR count). The van der Waals surface area contributed by atoms with Crippen molar-refractivity contribution in [1.82, 2.24) is 0 Å². The second-order valence-corrected chi connectivity index (χ2v) is 16.3. The standard InChI is InChI=1S/C47H41NS/c1-31-25-36(35-11-16-39(17-12-35)47-24-23-37-26-32(29-47)27-38(37)30-47)15-22-44(31)48(40-18-13-34(14-19-40)33-7-3-2-4-8-33)41-20-21-43-42-9-5-6-10-45(42)49-46(43)28-41/h2-22,25,28,32,37-38H,23-24,26-27,29-30H2,1H3. The van der Waals surface area contributed by atoms with Crippen LogP contribution >= 0.6 is 11.3 Å². The van der Waals surface area contributed by atoms with Gasteiger partial charge in [-0.05, 0) is 144 Å². The largest absolute Gasteiger partial charge is 0.310 e. The van der Waals surface area contributed by atoms with Crippen molar-refractivity contribution in [2.75, 3.05) is 4.90 Å². The van der Waals surface area contributed by atoms with Crippen molar-refractivity contribution in [3.63, 3.8) is 0 Å². The average molecular weight is 652 g/mol. The highest BCUT2D eigenvalue weighted by Gasteiger charge is 2.52. The van der Waals surface area contributed by atoms with Gasteiger partial charge in [-0.2, -0.15) is 0 Å². The predicted octanol–water partition coefficient (Wildman–Crippen LogP) is 13.6. The molecular weight excluding hydrogens is 611 g/mol. The monoisotopic (exact) mass is 651 g/mol. The van der Waals surface area contributed by atoms with Gasteiger partial charge in [-0.25, -0.2) is 0 Å². The van der Waals surface area contributed by atoms with Crippen molar-refractivity contribution in [1.29, 1.82) is 0 Å². The molecule has 0 saturated heterocycles. The van der Waals surface area contributed by atoms with Crippen LogP contribution in [-0.2, 0) is 5.41 Å². The summed E-state index contributed by atoms with van der Waals surface area (Å²) >= 11 is 1.88. The van der Waals surface area contributed by atoms with Gasteiger partial charge < -0.3 is 4.90 Å². The molecule has 0 aliphatic heterocycles. The van der Waals surface area contributed by atoms with Gasteiger partial charge in [0.1, 0.15) is 0 Å². The molecule has 0 amide bonds. The Morgan fingerprint density at radius 1 is 0.571 bits per heavy atom. The highest BCUT2D eigenvalue weighted by atomic mass is 32.1. The second kappa shape index (κ2) is 11.5. The van der Waals surface area contributed by atoms with E-state index in [2.05, 4.69) is 151 Å². The van der Waals surface area contributed by atoms with Crippen LogP contribution in [0.15, 0.2) is 140 Å². The van der Waals surface area contributed by atoms with Crippen LogP contribution in [0.5, 0.6) is 0 Å². The highest BCUT2D eigenvalue weighted by Crippen LogP contribution is 2.61. The van der Waals surface area contributed by atoms with Gasteiger partial charge >= 0.3 is 0 Å². The Kier molecular flexibility index (Phi) is 6.85. The van der Waals surface area contributed by atoms with Gasteiger partial charge in [0, 0.05) is 37.2 Å². The normalized spacial score (nSPS) is 22.6. The van der Waals surface area contributed by atoms with Crippen molar-refractivity contribution in [3.05, 3.63) is 151 Å². The highest BCUT2D eigenvalue weighted by molar-refractivity contribution is 7.25. The fraction of sp³-hybridized carbons (Fsp3) is 0.234. The Morgan fingerprint density at radius 3 is 2.08 bits per heavy atom. The molecule has 3 bridgehead atoms. The van der Waals surface area contributed by atoms with Crippen molar-refractivity contribution < 1.29 is 0 Å². The molecule has 6 aromatic carbocycles. The third kappa shape index (κ3) is 4.95. The molecule has 3 aliphatic rings. The van der Waals surface area contributed by atoms with Crippen LogP contribution in [0.1, 0.15) is 49.7 Å². The van der Waals surface area contributed by atoms with E-state index in [1.54, 1.807) is 5.56 Å². The van der Waals surface area contributed by atoms with Crippen LogP contribution in [0.3, 0.4) is 0 Å². The lowest BCUT2D eigenvalue weighted by molar-refractivity contribution is 0.139. The van der Waals surface area contributed by atoms with E-state index in [1.165, 1.54) is 97.9 Å². The molecule has 3 aliphatic carbocycles. The van der Waals surface area contributed by atoms with E-state index in [-0.39, 0.29) is 0 Å². The van der Waals surface area contributed by atoms with Crippen molar-refractivity contribution in [2.45, 2.75) is 50.9 Å². The summed E-state index contributed by atoms with van der Waals surface area (Å²) in [6.07, 6.45) is 8.70. The number of rotatable bonds is 6. The van der Waals surface area contributed by atoms with Gasteiger partial charge in [0.2, 0.25) is 0 Å². The first kappa shape index (κ1) is 29.3. The first-order chi connectivity index (χ1) is 24.1. The molecule has 240 valence electrons. The molecule has 0 spiro atoms. The summed E-state index contributed by atoms with van der Waals surface area (Å²) in [5.74, 6) is 2.98. The van der Waals surface area contributed by atoms with E-state index in [4.69, 9.17) is 0 Å². The number of hydrogen-bond donors (Lipinski definition) is 0. The Morgan fingerprint density at radius 2 is 1.24 bits per heavy atom. The molecule has 7 aromatic rings. The number of nitrogens with zero attached hydrogens (tertiary/aromatic N) is 1. The number of anilines is 3. The van der Waals surface area contributed by atoms with Gasteiger partial charge in [-0.1, -0.05) is 97.1 Å². The molecule has 4 atom stereocenters. The summed E-state index contributed by atoms with van der Waals surface area (Å²) in [5, 5.41) is 2.66. The molecule has 0 N–H and O–H groups in total. The molecule has 2 heteroatoms. The van der Waals surface area contributed by atoms with Crippen LogP contribution < -0.4 is 4.90 Å². The Hall–Kier alpha value is -4.66. The molecule has 4 unspecified atom stereocenters. The Labute approximate surface area is 293 Å². The zero-order valence-corrected chi connectivity index (χ0v) is 28.9. The molecule has 49 heavy (non-hydrogen) atoms. The van der Waals surface area contributed by atoms with E-state index in [0.717, 1.165) is 23.4 Å². The summed E-state index contributed by atoms with van der Waals surface area (Å²) < 4.78 is 2.65. The Bertz CT molecular complexity index is 2310. The minimum Gasteiger partial charge on any atom is -0.310 e. The van der Waals surface area contributed by atoms with Crippen LogP contribution in [0.4, 0.5) is 17.1 Å². The van der Waals surface area contributed by atoms with Crippen LogP contribution in [-0.4, -0.2) is 0 Å². The van der Waals surface area contributed by atoms with E-state index in [1.807, 2.05) is 11.3 Å². The summed E-state index contributed by atoms with van der Waals surface area (Å²) in [5.41, 5.74) is 11.9. The second-order valence-electron chi connectivity index (χ2n) is 15.2. The summed E-state index contributed by atoms with van der Waals surface area (Å²) in [6.45, 7) is 2.27. The molecule has 3 saturated carbocycles. The summed E-state index contributed by atoms with van der Waals surface area (Å²) in [7, 11) is 0. The summed E-state index contributed by atoms with van der Waals surface area (Å²) in [4.78, 5) is 2.44. The predicted molar refractivity (Wildman–Crippen MR) is 209 cm³/mol. The molecule has 1 heterocycles. The maximum Gasteiger partial charge on any atom is 0.0491 e. The topological polar surface area (TPSA) is 3.24 Å². The van der Waals surface area contributed by atoms with Crippen molar-refractivity contribution in [2.24, 2.45) is 17.8 Å². The maximum absolute atomic E-state index is 2.48. The summed E-state index contributed by atoms with van der Waals surface area (Å²) in [6, 6.07) is 52.2. The van der Waals surface area contributed by atoms with E-state index in [0.29, 0.717) is 5.41 Å². The molecule has 3 fully saturated rings. The number of fused-ring (bicyclic) bond motifs is 5. The number of benzene rings is 6. The number of aryl methyl sites for hydroxylation is 1. The van der Waals surface area contributed by atoms with Gasteiger partial charge in [-0.15, -0.1) is 11.3 Å². The lowest BCUT2D eigenvalue weighted by atomic mass is 9.59. The minimum atomic E-state index is 0.435. The fourth-order valence-corrected chi connectivity index (χ4v) is 11.2. The first-order valence-corrected chi connectivity index (χ1v) is 19.0. The smallest absolute Gasteiger partial charge is 0.0491 e. The van der Waals surface area contributed by atoms with Crippen molar-refractivity contribution >= 4 is 48.6 Å². The van der Waals surface area contributed by atoms with Crippen LogP contribution in [0.2, 0.25) is 0 Å². The van der Waals surface area contributed by atoms with Crippen LogP contribution in [0.25, 0.3) is 42.4 Å². The SMILES string of the molecule is Cc1cc(-c2ccc(C34CCC5CC(CC5C3)C4)cc2)ccc1N(c1ccc(-c2ccccc2)cc1)c1ccc2c(c1)sc1ccccc12. The first-order valence-electron chi connectivity index (χ1n) is 18.2. The van der Waals surface area contributed by atoms with E-state index >= 15 is 0 Å². The molecule has 0 radical (unpaired) electrons.